The van der Waals surface area contributed by atoms with Gasteiger partial charge in [0, 0.05) is 7.05 Å². The highest BCUT2D eigenvalue weighted by Crippen LogP contribution is 2.30. The molecule has 5 nitrogen and oxygen atoms in total. The molecule has 1 aliphatic rings. The van der Waals surface area contributed by atoms with E-state index in [9.17, 15) is 4.39 Å². The number of fused-ring (bicyclic) bond motifs is 1. The standard InChI is InChI=1S/C9H9FIN5/c1-15-8-6(7(11)14-15)9(13-4-12-8)16-2-5(10)3-16/h4-5H,2-3H2,1H3. The molecular weight excluding hydrogens is 324 g/mol. The average molecular weight is 333 g/mol. The van der Waals surface area contributed by atoms with E-state index in [0.29, 0.717) is 13.1 Å². The van der Waals surface area contributed by atoms with Crippen LogP contribution in [0.2, 0.25) is 0 Å². The van der Waals surface area contributed by atoms with Crippen LogP contribution in [0.15, 0.2) is 6.33 Å². The molecule has 7 heteroatoms. The van der Waals surface area contributed by atoms with Crippen LogP contribution in [0.3, 0.4) is 0 Å². The van der Waals surface area contributed by atoms with Gasteiger partial charge in [0.2, 0.25) is 0 Å². The first kappa shape index (κ1) is 10.2. The second-order valence-electron chi connectivity index (χ2n) is 3.81. The predicted octanol–water partition coefficient (Wildman–Crippen LogP) is 1.13. The molecule has 2 aromatic rings. The lowest BCUT2D eigenvalue weighted by Gasteiger charge is -2.35. The van der Waals surface area contributed by atoms with E-state index < -0.39 is 6.17 Å². The maximum absolute atomic E-state index is 12.9. The molecule has 0 radical (unpaired) electrons. The van der Waals surface area contributed by atoms with Crippen LogP contribution >= 0.6 is 22.6 Å². The minimum atomic E-state index is -0.737. The first-order chi connectivity index (χ1) is 7.66. The van der Waals surface area contributed by atoms with E-state index in [-0.39, 0.29) is 0 Å². The van der Waals surface area contributed by atoms with E-state index >= 15 is 0 Å². The molecule has 0 aromatic carbocycles. The minimum Gasteiger partial charge on any atom is -0.350 e. The molecule has 1 saturated heterocycles. The Balaban J connectivity index is 2.17. The fourth-order valence-electron chi connectivity index (χ4n) is 1.86. The lowest BCUT2D eigenvalue weighted by molar-refractivity contribution is 0.274. The van der Waals surface area contributed by atoms with Crippen molar-refractivity contribution < 1.29 is 4.39 Å². The van der Waals surface area contributed by atoms with Gasteiger partial charge in [0.15, 0.2) is 5.65 Å². The van der Waals surface area contributed by atoms with Crippen LogP contribution in [0, 0.1) is 3.70 Å². The van der Waals surface area contributed by atoms with Gasteiger partial charge < -0.3 is 4.90 Å². The van der Waals surface area contributed by atoms with Crippen LogP contribution in [-0.2, 0) is 7.05 Å². The zero-order valence-corrected chi connectivity index (χ0v) is 10.7. The number of aromatic nitrogens is 4. The highest BCUT2D eigenvalue weighted by atomic mass is 127. The summed E-state index contributed by atoms with van der Waals surface area (Å²) in [4.78, 5) is 10.3. The second kappa shape index (κ2) is 3.51. The number of rotatable bonds is 1. The molecule has 2 aromatic heterocycles. The lowest BCUT2D eigenvalue weighted by atomic mass is 10.2. The molecule has 0 bridgehead atoms. The van der Waals surface area contributed by atoms with Gasteiger partial charge in [0.1, 0.15) is 22.0 Å². The third kappa shape index (κ3) is 1.37. The molecule has 0 spiro atoms. The summed E-state index contributed by atoms with van der Waals surface area (Å²) in [6, 6.07) is 0. The van der Waals surface area contributed by atoms with Gasteiger partial charge in [-0.3, -0.25) is 0 Å². The second-order valence-corrected chi connectivity index (χ2v) is 4.83. The molecule has 16 heavy (non-hydrogen) atoms. The quantitative estimate of drug-likeness (QED) is 0.734. The van der Waals surface area contributed by atoms with Gasteiger partial charge in [0.05, 0.1) is 18.5 Å². The summed E-state index contributed by atoms with van der Waals surface area (Å²) >= 11 is 2.15. The fourth-order valence-corrected chi connectivity index (χ4v) is 2.67. The average Bonchev–Trinajstić information content (AvgIpc) is 2.51. The Hall–Kier alpha value is -0.990. The molecule has 3 heterocycles. The van der Waals surface area contributed by atoms with Crippen molar-refractivity contribution in [3.05, 3.63) is 10.0 Å². The number of hydrogen-bond acceptors (Lipinski definition) is 4. The number of nitrogens with zero attached hydrogens (tertiary/aromatic N) is 5. The van der Waals surface area contributed by atoms with Crippen LogP contribution in [-0.4, -0.2) is 39.0 Å². The fraction of sp³-hybridized carbons (Fsp3) is 0.444. The maximum Gasteiger partial charge on any atom is 0.164 e. The lowest BCUT2D eigenvalue weighted by Crippen LogP contribution is -2.49. The van der Waals surface area contributed by atoms with Gasteiger partial charge in [-0.25, -0.2) is 19.0 Å². The van der Waals surface area contributed by atoms with Gasteiger partial charge in [0.25, 0.3) is 0 Å². The summed E-state index contributed by atoms with van der Waals surface area (Å²) in [7, 11) is 1.84. The van der Waals surface area contributed by atoms with Crippen LogP contribution in [0.1, 0.15) is 0 Å². The normalized spacial score (nSPS) is 16.8. The largest absolute Gasteiger partial charge is 0.350 e. The molecule has 0 unspecified atom stereocenters. The van der Waals surface area contributed by atoms with Crippen molar-refractivity contribution in [3.63, 3.8) is 0 Å². The topological polar surface area (TPSA) is 46.8 Å². The monoisotopic (exact) mass is 333 g/mol. The third-order valence-electron chi connectivity index (χ3n) is 2.69. The van der Waals surface area contributed by atoms with Crippen LogP contribution < -0.4 is 4.90 Å². The van der Waals surface area contributed by atoms with Crippen molar-refractivity contribution >= 4 is 39.4 Å². The highest BCUT2D eigenvalue weighted by Gasteiger charge is 2.30. The Kier molecular flexibility index (Phi) is 2.23. The number of anilines is 1. The van der Waals surface area contributed by atoms with Crippen molar-refractivity contribution in [2.75, 3.05) is 18.0 Å². The Morgan fingerprint density at radius 3 is 2.88 bits per heavy atom. The first-order valence-corrected chi connectivity index (χ1v) is 5.97. The summed E-state index contributed by atoms with van der Waals surface area (Å²) < 4.78 is 15.4. The summed E-state index contributed by atoms with van der Waals surface area (Å²) in [5, 5.41) is 5.21. The predicted molar refractivity (Wildman–Crippen MR) is 66.1 cm³/mol. The van der Waals surface area contributed by atoms with Gasteiger partial charge in [-0.1, -0.05) is 0 Å². The van der Waals surface area contributed by atoms with E-state index in [1.165, 1.54) is 6.33 Å². The van der Waals surface area contributed by atoms with Crippen LogP contribution in [0.5, 0.6) is 0 Å². The maximum atomic E-state index is 12.9. The Labute approximate surface area is 105 Å². The number of halogens is 2. The van der Waals surface area contributed by atoms with Gasteiger partial charge >= 0.3 is 0 Å². The summed E-state index contributed by atoms with van der Waals surface area (Å²) in [6.07, 6.45) is 0.764. The number of aryl methyl sites for hydroxylation is 1. The van der Waals surface area contributed by atoms with Gasteiger partial charge in [-0.15, -0.1) is 0 Å². The van der Waals surface area contributed by atoms with E-state index in [4.69, 9.17) is 0 Å². The van der Waals surface area contributed by atoms with Gasteiger partial charge in [-0.2, -0.15) is 5.10 Å². The van der Waals surface area contributed by atoms with Crippen molar-refractivity contribution in [1.82, 2.24) is 19.7 Å². The summed E-state index contributed by atoms with van der Waals surface area (Å²) in [5.41, 5.74) is 0.789. The van der Waals surface area contributed by atoms with Crippen LogP contribution in [0.25, 0.3) is 11.0 Å². The van der Waals surface area contributed by atoms with E-state index in [0.717, 1.165) is 20.6 Å². The van der Waals surface area contributed by atoms with Crippen LogP contribution in [0.4, 0.5) is 10.2 Å². The molecule has 0 aliphatic carbocycles. The Morgan fingerprint density at radius 2 is 2.19 bits per heavy atom. The Morgan fingerprint density at radius 1 is 1.44 bits per heavy atom. The van der Waals surface area contributed by atoms with E-state index in [1.54, 1.807) is 4.68 Å². The van der Waals surface area contributed by atoms with Gasteiger partial charge in [-0.05, 0) is 22.6 Å². The molecule has 1 aliphatic heterocycles. The molecule has 84 valence electrons. The van der Waals surface area contributed by atoms with Crippen molar-refractivity contribution in [1.29, 1.82) is 0 Å². The molecular formula is C9H9FIN5. The smallest absolute Gasteiger partial charge is 0.164 e. The van der Waals surface area contributed by atoms with E-state index in [2.05, 4.69) is 37.7 Å². The minimum absolute atomic E-state index is 0.414. The molecule has 0 amide bonds. The zero-order valence-electron chi connectivity index (χ0n) is 8.56. The molecule has 3 rings (SSSR count). The molecule has 0 atom stereocenters. The summed E-state index contributed by atoms with van der Waals surface area (Å²) in [5.74, 6) is 0.788. The molecule has 1 fully saturated rings. The highest BCUT2D eigenvalue weighted by molar-refractivity contribution is 14.1. The van der Waals surface area contributed by atoms with Crippen molar-refractivity contribution in [2.24, 2.45) is 7.05 Å². The van der Waals surface area contributed by atoms with Crippen molar-refractivity contribution in [2.45, 2.75) is 6.17 Å². The van der Waals surface area contributed by atoms with E-state index in [1.807, 2.05) is 11.9 Å². The Bertz CT molecular complexity index is 548. The molecule has 0 N–H and O–H groups in total. The SMILES string of the molecule is Cn1nc(I)c2c(N3CC(F)C3)ncnc21. The number of alkyl halides is 1. The van der Waals surface area contributed by atoms with Crippen molar-refractivity contribution in [3.8, 4) is 0 Å². The zero-order chi connectivity index (χ0) is 11.3. The molecule has 0 saturated carbocycles. The first-order valence-electron chi connectivity index (χ1n) is 4.89. The third-order valence-corrected chi connectivity index (χ3v) is 3.45. The number of hydrogen-bond donors (Lipinski definition) is 0. The summed E-state index contributed by atoms with van der Waals surface area (Å²) in [6.45, 7) is 0.828.